The van der Waals surface area contributed by atoms with E-state index in [2.05, 4.69) is 10.2 Å². The first kappa shape index (κ1) is 21.2. The van der Waals surface area contributed by atoms with Gasteiger partial charge < -0.3 is 19.7 Å². The number of piperazine rings is 1. The Labute approximate surface area is 173 Å². The highest BCUT2D eigenvalue weighted by Gasteiger charge is 2.31. The SMILES string of the molecule is COc1cc(C(=O)N2CCC(N3CCNCC3)C2)ccc1OC1CCCC1.Cl. The number of amides is 1. The van der Waals surface area contributed by atoms with Gasteiger partial charge in [0.2, 0.25) is 0 Å². The monoisotopic (exact) mass is 409 g/mol. The van der Waals surface area contributed by atoms with Gasteiger partial charge in [0.15, 0.2) is 11.5 Å². The molecule has 2 heterocycles. The Balaban J connectivity index is 0.00000225. The van der Waals surface area contributed by atoms with Crippen molar-refractivity contribution < 1.29 is 14.3 Å². The molecule has 1 atom stereocenters. The zero-order valence-corrected chi connectivity index (χ0v) is 17.5. The number of hydrogen-bond acceptors (Lipinski definition) is 5. The summed E-state index contributed by atoms with van der Waals surface area (Å²) >= 11 is 0. The minimum absolute atomic E-state index is 0. The number of carbonyl (C=O) groups is 1. The molecule has 3 aliphatic rings. The molecule has 2 aliphatic heterocycles. The number of nitrogens with zero attached hydrogens (tertiary/aromatic N) is 2. The van der Waals surface area contributed by atoms with Gasteiger partial charge in [-0.2, -0.15) is 0 Å². The second-order valence-electron chi connectivity index (χ2n) is 7.87. The van der Waals surface area contributed by atoms with Crippen molar-refractivity contribution in [1.82, 2.24) is 15.1 Å². The van der Waals surface area contributed by atoms with E-state index in [9.17, 15) is 4.79 Å². The third-order valence-electron chi connectivity index (χ3n) is 6.12. The molecule has 1 N–H and O–H groups in total. The first-order valence-corrected chi connectivity index (χ1v) is 10.3. The molecule has 1 unspecified atom stereocenters. The highest BCUT2D eigenvalue weighted by Crippen LogP contribution is 2.33. The predicted octanol–water partition coefficient (Wildman–Crippen LogP) is 2.56. The molecule has 0 bridgehead atoms. The third-order valence-corrected chi connectivity index (χ3v) is 6.12. The van der Waals surface area contributed by atoms with E-state index in [1.165, 1.54) is 12.8 Å². The lowest BCUT2D eigenvalue weighted by Crippen LogP contribution is -2.49. The molecule has 1 saturated carbocycles. The van der Waals surface area contributed by atoms with Gasteiger partial charge in [0.25, 0.3) is 5.91 Å². The Bertz CT molecular complexity index is 660. The van der Waals surface area contributed by atoms with E-state index in [1.807, 2.05) is 23.1 Å². The summed E-state index contributed by atoms with van der Waals surface area (Å²) < 4.78 is 11.6. The fraction of sp³-hybridized carbons (Fsp3) is 0.667. The highest BCUT2D eigenvalue weighted by atomic mass is 35.5. The van der Waals surface area contributed by atoms with Crippen LogP contribution in [0.3, 0.4) is 0 Å². The molecule has 1 aromatic rings. The molecule has 0 aromatic heterocycles. The lowest BCUT2D eigenvalue weighted by atomic mass is 10.1. The van der Waals surface area contributed by atoms with Crippen LogP contribution in [0.15, 0.2) is 18.2 Å². The number of hydrogen-bond donors (Lipinski definition) is 1. The molecule has 1 aliphatic carbocycles. The third kappa shape index (κ3) is 4.73. The maximum atomic E-state index is 13.0. The first-order valence-electron chi connectivity index (χ1n) is 10.3. The molecule has 28 heavy (non-hydrogen) atoms. The van der Waals surface area contributed by atoms with Gasteiger partial charge in [0.05, 0.1) is 13.2 Å². The van der Waals surface area contributed by atoms with E-state index in [0.29, 0.717) is 17.4 Å². The maximum absolute atomic E-state index is 13.0. The van der Waals surface area contributed by atoms with Gasteiger partial charge in [-0.25, -0.2) is 0 Å². The summed E-state index contributed by atoms with van der Waals surface area (Å²) in [6.07, 6.45) is 6.00. The second kappa shape index (κ2) is 9.81. The van der Waals surface area contributed by atoms with Gasteiger partial charge in [0.1, 0.15) is 0 Å². The highest BCUT2D eigenvalue weighted by molar-refractivity contribution is 5.95. The van der Waals surface area contributed by atoms with E-state index in [0.717, 1.165) is 64.3 Å². The maximum Gasteiger partial charge on any atom is 0.254 e. The van der Waals surface area contributed by atoms with Crippen LogP contribution in [0.5, 0.6) is 11.5 Å². The van der Waals surface area contributed by atoms with Crippen molar-refractivity contribution in [2.45, 2.75) is 44.2 Å². The molecule has 6 nitrogen and oxygen atoms in total. The summed E-state index contributed by atoms with van der Waals surface area (Å²) in [5.74, 6) is 1.50. The molecule has 2 saturated heterocycles. The van der Waals surface area contributed by atoms with Crippen LogP contribution < -0.4 is 14.8 Å². The molecule has 0 spiro atoms. The molecule has 156 valence electrons. The second-order valence-corrected chi connectivity index (χ2v) is 7.87. The van der Waals surface area contributed by atoms with Crippen LogP contribution in [0, 0.1) is 0 Å². The zero-order chi connectivity index (χ0) is 18.6. The van der Waals surface area contributed by atoms with Crippen molar-refractivity contribution in [3.05, 3.63) is 23.8 Å². The normalized spacial score (nSPS) is 23.5. The van der Waals surface area contributed by atoms with Crippen LogP contribution in [0.2, 0.25) is 0 Å². The molecule has 4 rings (SSSR count). The van der Waals surface area contributed by atoms with Gasteiger partial charge in [-0.3, -0.25) is 9.69 Å². The van der Waals surface area contributed by atoms with Crippen LogP contribution in [0.1, 0.15) is 42.5 Å². The lowest BCUT2D eigenvalue weighted by molar-refractivity contribution is 0.0773. The van der Waals surface area contributed by atoms with Gasteiger partial charge >= 0.3 is 0 Å². The number of carbonyl (C=O) groups excluding carboxylic acids is 1. The quantitative estimate of drug-likeness (QED) is 0.810. The van der Waals surface area contributed by atoms with E-state index >= 15 is 0 Å². The van der Waals surface area contributed by atoms with Crippen LogP contribution >= 0.6 is 12.4 Å². The molecular weight excluding hydrogens is 378 g/mol. The number of likely N-dealkylation sites (tertiary alicyclic amines) is 1. The van der Waals surface area contributed by atoms with E-state index < -0.39 is 0 Å². The van der Waals surface area contributed by atoms with Crippen LogP contribution in [0.4, 0.5) is 0 Å². The number of rotatable bonds is 5. The summed E-state index contributed by atoms with van der Waals surface area (Å²) in [6, 6.07) is 6.11. The Kier molecular flexibility index (Phi) is 7.43. The predicted molar refractivity (Wildman–Crippen MR) is 112 cm³/mol. The van der Waals surface area contributed by atoms with Crippen molar-refractivity contribution in [2.24, 2.45) is 0 Å². The first-order chi connectivity index (χ1) is 13.2. The fourth-order valence-corrected chi connectivity index (χ4v) is 4.54. The zero-order valence-electron chi connectivity index (χ0n) is 16.7. The van der Waals surface area contributed by atoms with E-state index in [-0.39, 0.29) is 24.4 Å². The smallest absolute Gasteiger partial charge is 0.254 e. The lowest BCUT2D eigenvalue weighted by Gasteiger charge is -2.32. The summed E-state index contributed by atoms with van der Waals surface area (Å²) in [6.45, 7) is 5.90. The molecule has 1 aromatic carbocycles. The van der Waals surface area contributed by atoms with Gasteiger partial charge in [0, 0.05) is 50.9 Å². The van der Waals surface area contributed by atoms with Gasteiger partial charge in [-0.1, -0.05) is 0 Å². The Morgan fingerprint density at radius 2 is 1.82 bits per heavy atom. The van der Waals surface area contributed by atoms with Crippen LogP contribution in [-0.4, -0.2) is 74.2 Å². The topological polar surface area (TPSA) is 54.0 Å². The Hall–Kier alpha value is -1.50. The Morgan fingerprint density at radius 3 is 2.54 bits per heavy atom. The van der Waals surface area contributed by atoms with E-state index in [4.69, 9.17) is 9.47 Å². The molecule has 3 fully saturated rings. The number of ether oxygens (including phenoxy) is 2. The Morgan fingerprint density at radius 1 is 1.07 bits per heavy atom. The molecule has 0 radical (unpaired) electrons. The molecule has 1 amide bonds. The number of nitrogens with one attached hydrogen (secondary N) is 1. The summed E-state index contributed by atoms with van der Waals surface area (Å²) in [4.78, 5) is 17.5. The van der Waals surface area contributed by atoms with Crippen molar-refractivity contribution in [3.63, 3.8) is 0 Å². The number of halogens is 1. The van der Waals surface area contributed by atoms with Crippen molar-refractivity contribution in [3.8, 4) is 11.5 Å². The van der Waals surface area contributed by atoms with Crippen molar-refractivity contribution >= 4 is 18.3 Å². The van der Waals surface area contributed by atoms with Crippen molar-refractivity contribution in [1.29, 1.82) is 0 Å². The van der Waals surface area contributed by atoms with Gasteiger partial charge in [-0.15, -0.1) is 12.4 Å². The number of methoxy groups -OCH3 is 1. The summed E-state index contributed by atoms with van der Waals surface area (Å²) in [7, 11) is 1.64. The van der Waals surface area contributed by atoms with Crippen LogP contribution in [0.25, 0.3) is 0 Å². The van der Waals surface area contributed by atoms with Crippen molar-refractivity contribution in [2.75, 3.05) is 46.4 Å². The van der Waals surface area contributed by atoms with Crippen LogP contribution in [-0.2, 0) is 0 Å². The summed E-state index contributed by atoms with van der Waals surface area (Å²) in [5.41, 5.74) is 0.687. The summed E-state index contributed by atoms with van der Waals surface area (Å²) in [5, 5.41) is 3.39. The standard InChI is InChI=1S/C21H31N3O3.ClH/c1-26-20-14-16(6-7-19(20)27-18-4-2-3-5-18)21(25)24-11-8-17(15-24)23-12-9-22-10-13-23;/h6-7,14,17-18,22H,2-5,8-13,15H2,1H3;1H. The molecule has 7 heteroatoms. The van der Waals surface area contributed by atoms with Gasteiger partial charge in [-0.05, 0) is 50.3 Å². The largest absolute Gasteiger partial charge is 0.493 e. The minimum atomic E-state index is 0. The fourth-order valence-electron chi connectivity index (χ4n) is 4.54. The average Bonchev–Trinajstić information content (AvgIpc) is 3.40. The van der Waals surface area contributed by atoms with E-state index in [1.54, 1.807) is 7.11 Å². The average molecular weight is 410 g/mol. The number of benzene rings is 1. The molecular formula is C21H32ClN3O3. The minimum Gasteiger partial charge on any atom is -0.493 e.